The molecule has 1 saturated carbocycles. The Bertz CT molecular complexity index is 1560. The van der Waals surface area contributed by atoms with Gasteiger partial charge in [0.05, 0.1) is 23.1 Å². The van der Waals surface area contributed by atoms with Crippen LogP contribution in [0.2, 0.25) is 0 Å². The zero-order valence-electron chi connectivity index (χ0n) is 20.5. The quantitative estimate of drug-likeness (QED) is 0.342. The van der Waals surface area contributed by atoms with Crippen molar-refractivity contribution in [3.8, 4) is 16.9 Å². The standard InChI is InChI=1S/C29H26FN5O3/c30-21-10-11-32-15-23(21)35-26-19(24(29(37)38)27(35)25(31)17-6-7-17)9-8-18-14-33-22(12-20(18)26)28(36)34-13-16-4-2-1-3-5-16/h1-5,10-12,14-15,17,25H,6-9,13,31H2,(H,34,36)(H,37,38). The second-order valence-corrected chi connectivity index (χ2v) is 9.81. The number of benzene rings is 1. The predicted molar refractivity (Wildman–Crippen MR) is 138 cm³/mol. The van der Waals surface area contributed by atoms with E-state index >= 15 is 4.39 Å². The first-order valence-electron chi connectivity index (χ1n) is 12.6. The molecule has 0 aliphatic heterocycles. The maximum Gasteiger partial charge on any atom is 0.337 e. The number of halogens is 1. The van der Waals surface area contributed by atoms with E-state index in [1.165, 1.54) is 18.5 Å². The Morgan fingerprint density at radius 3 is 2.66 bits per heavy atom. The zero-order valence-corrected chi connectivity index (χ0v) is 20.5. The van der Waals surface area contributed by atoms with Crippen molar-refractivity contribution in [2.24, 2.45) is 11.7 Å². The average molecular weight is 512 g/mol. The summed E-state index contributed by atoms with van der Waals surface area (Å²) in [5.74, 6) is -1.88. The number of pyridine rings is 2. The summed E-state index contributed by atoms with van der Waals surface area (Å²) in [5, 5.41) is 13.2. The van der Waals surface area contributed by atoms with Crippen LogP contribution >= 0.6 is 0 Å². The molecule has 2 aliphatic rings. The third kappa shape index (κ3) is 4.14. The lowest BCUT2D eigenvalue weighted by Gasteiger charge is -2.22. The number of fused-ring (bicyclic) bond motifs is 3. The molecule has 0 spiro atoms. The predicted octanol–water partition coefficient (Wildman–Crippen LogP) is 4.21. The van der Waals surface area contributed by atoms with Gasteiger partial charge in [0, 0.05) is 30.5 Å². The highest BCUT2D eigenvalue weighted by molar-refractivity contribution is 5.97. The highest BCUT2D eigenvalue weighted by atomic mass is 19.1. The van der Waals surface area contributed by atoms with E-state index in [1.807, 2.05) is 30.3 Å². The second kappa shape index (κ2) is 9.50. The molecule has 6 rings (SSSR count). The van der Waals surface area contributed by atoms with Gasteiger partial charge in [0.2, 0.25) is 0 Å². The summed E-state index contributed by atoms with van der Waals surface area (Å²) in [4.78, 5) is 34.2. The van der Waals surface area contributed by atoms with Gasteiger partial charge in [-0.1, -0.05) is 30.3 Å². The van der Waals surface area contributed by atoms with Crippen LogP contribution in [0.15, 0.2) is 61.1 Å². The van der Waals surface area contributed by atoms with Crippen molar-refractivity contribution < 1.29 is 19.1 Å². The number of hydrogen-bond acceptors (Lipinski definition) is 5. The first-order chi connectivity index (χ1) is 18.4. The molecule has 1 aromatic carbocycles. The number of nitrogens with zero attached hydrogens (tertiary/aromatic N) is 3. The first-order valence-corrected chi connectivity index (χ1v) is 12.6. The fraction of sp³-hybridized carbons (Fsp3) is 0.241. The molecule has 4 aromatic rings. The van der Waals surface area contributed by atoms with Gasteiger partial charge < -0.3 is 20.7 Å². The van der Waals surface area contributed by atoms with Crippen LogP contribution in [0.4, 0.5) is 4.39 Å². The Labute approximate surface area is 218 Å². The van der Waals surface area contributed by atoms with E-state index in [9.17, 15) is 14.7 Å². The number of carboxylic acids is 1. The molecule has 192 valence electrons. The highest BCUT2D eigenvalue weighted by Crippen LogP contribution is 2.47. The Morgan fingerprint density at radius 2 is 1.95 bits per heavy atom. The molecule has 4 N–H and O–H groups in total. The van der Waals surface area contributed by atoms with Crippen LogP contribution in [0.1, 0.15) is 62.1 Å². The number of aryl methyl sites for hydroxylation is 1. The van der Waals surface area contributed by atoms with Crippen molar-refractivity contribution in [3.63, 3.8) is 0 Å². The molecule has 1 unspecified atom stereocenters. The number of rotatable bonds is 7. The van der Waals surface area contributed by atoms with Gasteiger partial charge in [0.25, 0.3) is 5.91 Å². The Hall–Kier alpha value is -4.37. The molecule has 2 aliphatic carbocycles. The maximum atomic E-state index is 15.2. The van der Waals surface area contributed by atoms with Crippen LogP contribution in [0, 0.1) is 11.7 Å². The number of aromatic carboxylic acids is 1. The highest BCUT2D eigenvalue weighted by Gasteiger charge is 2.40. The molecule has 1 amide bonds. The molecule has 8 nitrogen and oxygen atoms in total. The summed E-state index contributed by atoms with van der Waals surface area (Å²) >= 11 is 0. The summed E-state index contributed by atoms with van der Waals surface area (Å²) in [5.41, 5.74) is 11.0. The van der Waals surface area contributed by atoms with Crippen LogP contribution in [0.3, 0.4) is 0 Å². The zero-order chi connectivity index (χ0) is 26.4. The van der Waals surface area contributed by atoms with E-state index in [4.69, 9.17) is 5.73 Å². The lowest BCUT2D eigenvalue weighted by atomic mass is 9.88. The van der Waals surface area contributed by atoms with Gasteiger partial charge in [-0.05, 0) is 60.4 Å². The van der Waals surface area contributed by atoms with Gasteiger partial charge in [-0.3, -0.25) is 14.8 Å². The summed E-state index contributed by atoms with van der Waals surface area (Å²) in [6.07, 6.45) is 7.13. The summed E-state index contributed by atoms with van der Waals surface area (Å²) in [6, 6.07) is 11.9. The summed E-state index contributed by atoms with van der Waals surface area (Å²) < 4.78 is 16.9. The molecule has 1 fully saturated rings. The van der Waals surface area contributed by atoms with Gasteiger partial charge in [0.15, 0.2) is 0 Å². The van der Waals surface area contributed by atoms with Crippen LogP contribution in [0.25, 0.3) is 16.9 Å². The van der Waals surface area contributed by atoms with E-state index in [1.54, 1.807) is 16.8 Å². The van der Waals surface area contributed by atoms with E-state index < -0.39 is 17.8 Å². The number of amides is 1. The Balaban J connectivity index is 1.51. The van der Waals surface area contributed by atoms with Crippen LogP contribution in [0.5, 0.6) is 0 Å². The Kier molecular flexibility index (Phi) is 6.00. The van der Waals surface area contributed by atoms with E-state index in [-0.39, 0.29) is 28.8 Å². The fourth-order valence-electron chi connectivity index (χ4n) is 5.34. The number of carbonyl (C=O) groups is 2. The molecular weight excluding hydrogens is 485 g/mol. The normalized spacial score (nSPS) is 14.9. The smallest absolute Gasteiger partial charge is 0.337 e. The molecule has 0 radical (unpaired) electrons. The van der Waals surface area contributed by atoms with Crippen molar-refractivity contribution in [2.45, 2.75) is 38.3 Å². The van der Waals surface area contributed by atoms with Crippen LogP contribution < -0.4 is 11.1 Å². The van der Waals surface area contributed by atoms with Crippen LogP contribution in [-0.2, 0) is 19.4 Å². The van der Waals surface area contributed by atoms with Crippen molar-refractivity contribution in [1.29, 1.82) is 0 Å². The largest absolute Gasteiger partial charge is 0.478 e. The summed E-state index contributed by atoms with van der Waals surface area (Å²) in [7, 11) is 0. The Morgan fingerprint density at radius 1 is 1.16 bits per heavy atom. The molecule has 9 heteroatoms. The van der Waals surface area contributed by atoms with Gasteiger partial charge in [0.1, 0.15) is 17.2 Å². The lowest BCUT2D eigenvalue weighted by molar-refractivity contribution is 0.0693. The fourth-order valence-corrected chi connectivity index (χ4v) is 5.34. The van der Waals surface area contributed by atoms with Gasteiger partial charge in [-0.25, -0.2) is 9.18 Å². The van der Waals surface area contributed by atoms with Crippen molar-refractivity contribution in [1.82, 2.24) is 19.9 Å². The van der Waals surface area contributed by atoms with Crippen molar-refractivity contribution >= 4 is 11.9 Å². The SMILES string of the molecule is NC(c1c(C(=O)O)c2c(n1-c1cnccc1F)-c1cc(C(=O)NCc3ccccc3)ncc1CC2)C1CC1. The minimum atomic E-state index is -1.10. The van der Waals surface area contributed by atoms with E-state index in [2.05, 4.69) is 15.3 Å². The number of aromatic nitrogens is 3. The third-order valence-electron chi connectivity index (χ3n) is 7.37. The van der Waals surface area contributed by atoms with Crippen LogP contribution in [-0.4, -0.2) is 31.5 Å². The minimum Gasteiger partial charge on any atom is -0.478 e. The molecule has 3 aromatic heterocycles. The second-order valence-electron chi connectivity index (χ2n) is 9.81. The van der Waals surface area contributed by atoms with Crippen molar-refractivity contribution in [3.05, 3.63) is 101 Å². The number of nitrogens with two attached hydrogens (primary N) is 1. The van der Waals surface area contributed by atoms with Gasteiger partial charge in [-0.2, -0.15) is 0 Å². The molecule has 0 bridgehead atoms. The summed E-state index contributed by atoms with van der Waals surface area (Å²) in [6.45, 7) is 0.338. The van der Waals surface area contributed by atoms with Gasteiger partial charge in [-0.15, -0.1) is 0 Å². The van der Waals surface area contributed by atoms with Crippen molar-refractivity contribution in [2.75, 3.05) is 0 Å². The topological polar surface area (TPSA) is 123 Å². The number of carbonyl (C=O) groups excluding carboxylic acids is 1. The number of nitrogens with one attached hydrogen (secondary N) is 1. The molecule has 1 atom stereocenters. The molecule has 38 heavy (non-hydrogen) atoms. The van der Waals surface area contributed by atoms with E-state index in [0.717, 1.165) is 24.0 Å². The molecule has 3 heterocycles. The molecule has 0 saturated heterocycles. The third-order valence-corrected chi connectivity index (χ3v) is 7.37. The lowest BCUT2D eigenvalue weighted by Crippen LogP contribution is -2.24. The maximum absolute atomic E-state index is 15.2. The number of carboxylic acid groups (broad SMARTS) is 1. The minimum absolute atomic E-state index is 0.111. The van der Waals surface area contributed by atoms with Gasteiger partial charge >= 0.3 is 5.97 Å². The van der Waals surface area contributed by atoms with E-state index in [0.29, 0.717) is 41.9 Å². The average Bonchev–Trinajstić information content (AvgIpc) is 3.72. The monoisotopic (exact) mass is 511 g/mol. The first kappa shape index (κ1) is 24.0. The number of hydrogen-bond donors (Lipinski definition) is 3. The molecular formula is C29H26FN5O3.